The Morgan fingerprint density at radius 3 is 2.67 bits per heavy atom. The van der Waals surface area contributed by atoms with Crippen molar-refractivity contribution in [3.05, 3.63) is 35.5 Å². The first-order valence-corrected chi connectivity index (χ1v) is 9.23. The second-order valence-corrected chi connectivity index (χ2v) is 7.92. The zero-order chi connectivity index (χ0) is 19.5. The lowest BCUT2D eigenvalue weighted by Gasteiger charge is -2.36. The first-order valence-electron chi connectivity index (χ1n) is 9.23. The summed E-state index contributed by atoms with van der Waals surface area (Å²) in [4.78, 5) is 43.8. The Balaban J connectivity index is 1.84. The molecule has 3 amide bonds. The number of carbonyl (C=O) groups excluding carboxylic acids is 3. The van der Waals surface area contributed by atoms with Gasteiger partial charge in [-0.2, -0.15) is 0 Å². The van der Waals surface area contributed by atoms with Gasteiger partial charge in [0, 0.05) is 17.4 Å². The molecule has 1 N–H and O–H groups in total. The number of nitrogens with zero attached hydrogens (tertiary/aromatic N) is 2. The van der Waals surface area contributed by atoms with Crippen LogP contribution in [0.4, 0.5) is 4.79 Å². The van der Waals surface area contributed by atoms with Crippen LogP contribution in [0.25, 0.3) is 10.9 Å². The molecule has 27 heavy (non-hydrogen) atoms. The van der Waals surface area contributed by atoms with Crippen molar-refractivity contribution >= 4 is 28.8 Å². The topological polar surface area (TPSA) is 96.5 Å². The molecular formula is C20H22N3O4-. The van der Waals surface area contributed by atoms with Gasteiger partial charge in [0.2, 0.25) is 0 Å². The van der Waals surface area contributed by atoms with Crippen LogP contribution >= 0.6 is 0 Å². The largest absolute Gasteiger partial charge is 0.548 e. The number of aliphatic carboxylic acids is 1. The quantitative estimate of drug-likeness (QED) is 0.824. The third-order valence-corrected chi connectivity index (χ3v) is 5.78. The first-order chi connectivity index (χ1) is 12.8. The summed E-state index contributed by atoms with van der Waals surface area (Å²) in [6, 6.07) is 5.96. The van der Waals surface area contributed by atoms with Crippen molar-refractivity contribution in [2.24, 2.45) is 5.92 Å². The molecule has 2 aromatic rings. The number of carbonyl (C=O) groups is 3. The Morgan fingerprint density at radius 1 is 1.30 bits per heavy atom. The molecule has 4 rings (SSSR count). The second-order valence-electron chi connectivity index (χ2n) is 7.92. The van der Waals surface area contributed by atoms with Gasteiger partial charge in [-0.25, -0.2) is 4.79 Å². The van der Waals surface area contributed by atoms with Crippen LogP contribution in [0.15, 0.2) is 24.3 Å². The molecule has 2 atom stereocenters. The van der Waals surface area contributed by atoms with E-state index in [4.69, 9.17) is 0 Å². The van der Waals surface area contributed by atoms with Gasteiger partial charge in [-0.15, -0.1) is 0 Å². The van der Waals surface area contributed by atoms with E-state index in [1.807, 2.05) is 38.1 Å². The summed E-state index contributed by atoms with van der Waals surface area (Å²) < 4.78 is 0. The Bertz CT molecular complexity index is 963. The number of aromatic nitrogens is 1. The van der Waals surface area contributed by atoms with Crippen molar-refractivity contribution in [2.45, 2.75) is 45.2 Å². The van der Waals surface area contributed by atoms with Gasteiger partial charge in [0.15, 0.2) is 5.54 Å². The van der Waals surface area contributed by atoms with Gasteiger partial charge in [0.1, 0.15) is 0 Å². The molecular weight excluding hydrogens is 346 g/mol. The zero-order valence-electron chi connectivity index (χ0n) is 15.6. The number of amides is 3. The molecule has 0 radical (unpaired) electrons. The fourth-order valence-electron chi connectivity index (χ4n) is 4.45. The summed E-state index contributed by atoms with van der Waals surface area (Å²) in [6.45, 7) is 5.77. The molecule has 7 nitrogen and oxygen atoms in total. The fourth-order valence-corrected chi connectivity index (χ4v) is 4.45. The number of imide groups is 1. The number of H-pyrrole nitrogens is 1. The maximum absolute atomic E-state index is 13.4. The van der Waals surface area contributed by atoms with Gasteiger partial charge in [-0.3, -0.25) is 9.69 Å². The van der Waals surface area contributed by atoms with Crippen molar-refractivity contribution in [1.29, 1.82) is 0 Å². The molecule has 2 aliphatic rings. The van der Waals surface area contributed by atoms with Gasteiger partial charge >= 0.3 is 6.03 Å². The highest BCUT2D eigenvalue weighted by molar-refractivity contribution is 6.10. The smallest absolute Gasteiger partial charge is 0.328 e. The number of nitrogens with one attached hydrogen (secondary N) is 1. The number of carboxylic acids is 1. The van der Waals surface area contributed by atoms with Crippen molar-refractivity contribution in [1.82, 2.24) is 14.8 Å². The zero-order valence-corrected chi connectivity index (χ0v) is 15.6. The van der Waals surface area contributed by atoms with Crippen molar-refractivity contribution in [2.75, 3.05) is 6.54 Å². The first kappa shape index (κ1) is 17.6. The van der Waals surface area contributed by atoms with Crippen LogP contribution in [-0.4, -0.2) is 45.3 Å². The molecule has 7 heteroatoms. The van der Waals surface area contributed by atoms with Crippen molar-refractivity contribution in [3.63, 3.8) is 0 Å². The van der Waals surface area contributed by atoms with E-state index in [9.17, 15) is 19.5 Å². The van der Waals surface area contributed by atoms with Crippen molar-refractivity contribution < 1.29 is 19.5 Å². The van der Waals surface area contributed by atoms with E-state index >= 15 is 0 Å². The molecule has 1 saturated heterocycles. The van der Waals surface area contributed by atoms with E-state index in [1.165, 1.54) is 4.90 Å². The molecule has 2 aliphatic heterocycles. The van der Waals surface area contributed by atoms with Crippen LogP contribution in [0.1, 0.15) is 38.4 Å². The highest BCUT2D eigenvalue weighted by Gasteiger charge is 2.60. The summed E-state index contributed by atoms with van der Waals surface area (Å²) in [5.74, 6) is -1.90. The molecule has 1 aromatic heterocycles. The van der Waals surface area contributed by atoms with E-state index in [-0.39, 0.29) is 12.3 Å². The minimum atomic E-state index is -1.40. The third-order valence-electron chi connectivity index (χ3n) is 5.78. The van der Waals surface area contributed by atoms with Gasteiger partial charge in [-0.05, 0) is 37.3 Å². The molecule has 3 heterocycles. The summed E-state index contributed by atoms with van der Waals surface area (Å²) in [6.07, 6.45) is 0.783. The predicted octanol–water partition coefficient (Wildman–Crippen LogP) is 1.37. The van der Waals surface area contributed by atoms with Gasteiger partial charge < -0.3 is 19.8 Å². The van der Waals surface area contributed by atoms with Crippen molar-refractivity contribution in [3.8, 4) is 0 Å². The van der Waals surface area contributed by atoms with Crippen LogP contribution in [-0.2, 0) is 21.5 Å². The number of benzene rings is 1. The lowest BCUT2D eigenvalue weighted by atomic mass is 9.87. The summed E-state index contributed by atoms with van der Waals surface area (Å²) in [5, 5.41) is 12.8. The number of aromatic amines is 1. The highest BCUT2D eigenvalue weighted by Crippen LogP contribution is 2.44. The predicted molar refractivity (Wildman–Crippen MR) is 96.6 cm³/mol. The minimum absolute atomic E-state index is 0.00238. The van der Waals surface area contributed by atoms with E-state index in [1.54, 1.807) is 6.92 Å². The molecule has 0 unspecified atom stereocenters. The number of carboxylic acid groups (broad SMARTS) is 1. The van der Waals surface area contributed by atoms with E-state index < -0.39 is 29.5 Å². The number of urea groups is 1. The molecule has 0 bridgehead atoms. The Hall–Kier alpha value is -2.83. The molecule has 1 aromatic carbocycles. The van der Waals surface area contributed by atoms with Crippen LogP contribution in [0.3, 0.4) is 0 Å². The standard InChI is InChI=1S/C20H23N3O4/c1-11(2)10-15(17(24)25)23-18(26)20(3)16-13(8-9-22(20)19(23)27)12-6-4-5-7-14(12)21-16/h4-7,11,15,21H,8-10H2,1-3H3,(H,24,25)/p-1/t15-,20-/m0/s1. The molecule has 0 saturated carbocycles. The molecule has 1 fully saturated rings. The normalized spacial score (nSPS) is 23.1. The molecule has 142 valence electrons. The SMILES string of the molecule is CC(C)C[C@@H](C(=O)[O-])N1C(=O)N2CCc3c([nH]c4ccccc34)[C@@]2(C)C1=O. The van der Waals surface area contributed by atoms with E-state index in [2.05, 4.69) is 4.98 Å². The Kier molecular flexibility index (Phi) is 3.80. The van der Waals surface area contributed by atoms with Gasteiger partial charge in [-0.1, -0.05) is 32.0 Å². The summed E-state index contributed by atoms with van der Waals surface area (Å²) in [5.41, 5.74) is 1.37. The summed E-state index contributed by atoms with van der Waals surface area (Å²) in [7, 11) is 0. The minimum Gasteiger partial charge on any atom is -0.548 e. The van der Waals surface area contributed by atoms with E-state index in [0.29, 0.717) is 18.7 Å². The number of fused-ring (bicyclic) bond motifs is 5. The average molecular weight is 368 g/mol. The lowest BCUT2D eigenvalue weighted by molar-refractivity contribution is -0.311. The van der Waals surface area contributed by atoms with Gasteiger partial charge in [0.05, 0.1) is 17.7 Å². The lowest BCUT2D eigenvalue weighted by Crippen LogP contribution is -2.52. The second kappa shape index (κ2) is 5.84. The van der Waals surface area contributed by atoms with Crippen LogP contribution in [0.5, 0.6) is 0 Å². The number of hydrogen-bond acceptors (Lipinski definition) is 4. The van der Waals surface area contributed by atoms with Crippen LogP contribution < -0.4 is 5.11 Å². The maximum Gasteiger partial charge on any atom is 0.328 e. The highest BCUT2D eigenvalue weighted by atomic mass is 16.4. The molecule has 0 spiro atoms. The number of rotatable bonds is 4. The summed E-state index contributed by atoms with van der Waals surface area (Å²) >= 11 is 0. The number of para-hydroxylation sites is 1. The Labute approximate surface area is 156 Å². The third kappa shape index (κ3) is 2.30. The van der Waals surface area contributed by atoms with Crippen LogP contribution in [0, 0.1) is 5.92 Å². The maximum atomic E-state index is 13.4. The van der Waals surface area contributed by atoms with E-state index in [0.717, 1.165) is 21.4 Å². The molecule has 0 aliphatic carbocycles. The monoisotopic (exact) mass is 368 g/mol. The Morgan fingerprint density at radius 2 is 2.00 bits per heavy atom. The fraction of sp³-hybridized carbons (Fsp3) is 0.450. The average Bonchev–Trinajstić information content (AvgIpc) is 3.08. The van der Waals surface area contributed by atoms with Crippen LogP contribution in [0.2, 0.25) is 0 Å². The number of hydrogen-bond donors (Lipinski definition) is 1. The van der Waals surface area contributed by atoms with Gasteiger partial charge in [0.25, 0.3) is 5.91 Å².